The van der Waals surface area contributed by atoms with E-state index in [0.29, 0.717) is 19.6 Å². The Balaban J connectivity index is 3.48. The molecule has 8 nitrogen and oxygen atoms in total. The Kier molecular flexibility index (Phi) is 8.36. The lowest BCUT2D eigenvalue weighted by Crippen LogP contribution is -2.38. The van der Waals surface area contributed by atoms with Gasteiger partial charge in [0.15, 0.2) is 4.98 Å². The van der Waals surface area contributed by atoms with Crippen molar-refractivity contribution in [3.05, 3.63) is 17.1 Å². The molecule has 0 aliphatic carbocycles. The monoisotopic (exact) mass is 244 g/mol. The fraction of sp³-hybridized carbons (Fsp3) is 0.667. The molecule has 0 radical (unpaired) electrons. The Morgan fingerprint density at radius 3 is 2.76 bits per heavy atom. The number of diazo groups is 1. The van der Waals surface area contributed by atoms with Gasteiger partial charge in [-0.25, -0.2) is 0 Å². The maximum Gasteiger partial charge on any atom is 0.409 e. The summed E-state index contributed by atoms with van der Waals surface area (Å²) in [5, 5.41) is 33.8. The average Bonchev–Trinajstić information content (AvgIpc) is 2.26. The van der Waals surface area contributed by atoms with E-state index < -0.39 is 12.0 Å². The van der Waals surface area contributed by atoms with Crippen LogP contribution in [0, 0.1) is 5.39 Å². The van der Waals surface area contributed by atoms with Crippen LogP contribution in [0.25, 0.3) is 4.98 Å². The molecule has 0 aromatic rings. The molecule has 1 atom stereocenters. The fourth-order valence-corrected chi connectivity index (χ4v) is 0.935. The number of rotatable bonds is 8. The lowest BCUT2D eigenvalue weighted by molar-refractivity contribution is -0.120. The third kappa shape index (κ3) is 10.4. The zero-order chi connectivity index (χ0) is 13.1. The molecule has 0 saturated carbocycles. The molecule has 8 heteroatoms. The van der Waals surface area contributed by atoms with Crippen LogP contribution in [0.1, 0.15) is 6.92 Å². The van der Waals surface area contributed by atoms with Crippen molar-refractivity contribution in [1.82, 2.24) is 16.0 Å². The number of carbonyl (C=O) groups is 1. The Labute approximate surface area is 99.3 Å². The number of carbonyl (C=O) groups excluding carboxylic acids is 1. The van der Waals surface area contributed by atoms with E-state index in [9.17, 15) is 4.79 Å². The summed E-state index contributed by atoms with van der Waals surface area (Å²) < 4.78 is 0. The van der Waals surface area contributed by atoms with Gasteiger partial charge in [-0.2, -0.15) is 0 Å². The average molecular weight is 244 g/mol. The largest absolute Gasteiger partial charge is 0.490 e. The second-order valence-electron chi connectivity index (χ2n) is 3.39. The van der Waals surface area contributed by atoms with E-state index in [4.69, 9.17) is 15.6 Å². The molecule has 0 aromatic heterocycles. The van der Waals surface area contributed by atoms with E-state index in [0.717, 1.165) is 6.20 Å². The smallest absolute Gasteiger partial charge is 0.409 e. The summed E-state index contributed by atoms with van der Waals surface area (Å²) in [4.78, 5) is 13.7. The molecule has 5 N–H and O–H groups in total. The zero-order valence-electron chi connectivity index (χ0n) is 9.68. The van der Waals surface area contributed by atoms with Crippen molar-refractivity contribution in [3.8, 4) is 0 Å². The molecule has 1 unspecified atom stereocenters. The van der Waals surface area contributed by atoms with E-state index in [-0.39, 0.29) is 12.5 Å². The Morgan fingerprint density at radius 1 is 1.47 bits per heavy atom. The van der Waals surface area contributed by atoms with Gasteiger partial charge in [0.05, 0.1) is 12.6 Å². The maximum absolute atomic E-state index is 11.2. The van der Waals surface area contributed by atoms with Gasteiger partial charge in [-0.05, 0) is 6.92 Å². The van der Waals surface area contributed by atoms with Gasteiger partial charge < -0.3 is 26.2 Å². The first-order valence-electron chi connectivity index (χ1n) is 5.19. The SMILES string of the molecule is CC(O)CNCCNC(=O)CNC(O)=C[N+]#N. The summed E-state index contributed by atoms with van der Waals surface area (Å²) in [6, 6.07) is 0. The van der Waals surface area contributed by atoms with Crippen molar-refractivity contribution in [2.24, 2.45) is 0 Å². The van der Waals surface area contributed by atoms with Crippen molar-refractivity contribution in [2.45, 2.75) is 13.0 Å². The van der Waals surface area contributed by atoms with Gasteiger partial charge in [-0.1, -0.05) is 0 Å². The normalized spacial score (nSPS) is 12.6. The maximum atomic E-state index is 11.2. The number of amides is 1. The summed E-state index contributed by atoms with van der Waals surface area (Å²) in [5.41, 5.74) is 0. The van der Waals surface area contributed by atoms with E-state index in [1.807, 2.05) is 0 Å². The van der Waals surface area contributed by atoms with Crippen LogP contribution < -0.4 is 16.0 Å². The summed E-state index contributed by atoms with van der Waals surface area (Å²) in [7, 11) is 0. The van der Waals surface area contributed by atoms with Crippen molar-refractivity contribution < 1.29 is 15.0 Å². The number of nitrogens with zero attached hydrogens (tertiary/aromatic N) is 2. The van der Waals surface area contributed by atoms with Gasteiger partial charge in [0, 0.05) is 19.6 Å². The highest BCUT2D eigenvalue weighted by Gasteiger charge is 2.03. The molecule has 0 rings (SSSR count). The van der Waals surface area contributed by atoms with E-state index in [1.165, 1.54) is 0 Å². The fourth-order valence-electron chi connectivity index (χ4n) is 0.935. The van der Waals surface area contributed by atoms with Crippen molar-refractivity contribution >= 4 is 5.91 Å². The molecule has 0 spiro atoms. The first kappa shape index (κ1) is 15.2. The summed E-state index contributed by atoms with van der Waals surface area (Å²) in [5.74, 6) is -0.698. The van der Waals surface area contributed by atoms with Crippen LogP contribution in [-0.2, 0) is 4.79 Å². The number of aliphatic hydroxyl groups is 2. The molecule has 0 aliphatic rings. The van der Waals surface area contributed by atoms with Crippen LogP contribution in [-0.4, -0.2) is 48.4 Å². The van der Waals surface area contributed by atoms with Crippen LogP contribution in [0.2, 0.25) is 0 Å². The molecule has 0 fully saturated rings. The second-order valence-corrected chi connectivity index (χ2v) is 3.39. The molecule has 0 saturated heterocycles. The number of hydrogen-bond donors (Lipinski definition) is 5. The molecule has 0 bridgehead atoms. The molecule has 1 amide bonds. The third-order valence-corrected chi connectivity index (χ3v) is 1.67. The van der Waals surface area contributed by atoms with Gasteiger partial charge in [0.1, 0.15) is 0 Å². The highest BCUT2D eigenvalue weighted by molar-refractivity contribution is 5.78. The molecule has 0 aliphatic heterocycles. The minimum absolute atomic E-state index is 0.117. The summed E-state index contributed by atoms with van der Waals surface area (Å²) >= 11 is 0. The van der Waals surface area contributed by atoms with Crippen molar-refractivity contribution in [3.63, 3.8) is 0 Å². The molecular formula is C9H18N5O3+. The van der Waals surface area contributed by atoms with Gasteiger partial charge in [0.2, 0.25) is 11.3 Å². The minimum Gasteiger partial charge on any atom is -0.490 e. The Hall–Kier alpha value is -1.85. The topological polar surface area (TPSA) is 122 Å². The second kappa shape index (κ2) is 9.38. The van der Waals surface area contributed by atoms with Crippen LogP contribution in [0.3, 0.4) is 0 Å². The first-order chi connectivity index (χ1) is 8.06. The Bertz CT molecular complexity index is 297. The molecule has 0 aromatic carbocycles. The van der Waals surface area contributed by atoms with Crippen LogP contribution >= 0.6 is 0 Å². The van der Waals surface area contributed by atoms with Crippen LogP contribution in [0.4, 0.5) is 0 Å². The van der Waals surface area contributed by atoms with Crippen LogP contribution in [0.15, 0.2) is 12.1 Å². The molecular weight excluding hydrogens is 226 g/mol. The van der Waals surface area contributed by atoms with E-state index in [1.54, 1.807) is 6.92 Å². The minimum atomic E-state index is -0.420. The van der Waals surface area contributed by atoms with E-state index >= 15 is 0 Å². The van der Waals surface area contributed by atoms with Gasteiger partial charge in [0.25, 0.3) is 5.88 Å². The molecule has 96 valence electrons. The van der Waals surface area contributed by atoms with Gasteiger partial charge in [-0.3, -0.25) is 4.79 Å². The van der Waals surface area contributed by atoms with Gasteiger partial charge >= 0.3 is 6.20 Å². The predicted octanol–water partition coefficient (Wildman–Crippen LogP) is -1.13. The zero-order valence-corrected chi connectivity index (χ0v) is 9.68. The number of hydrogen-bond acceptors (Lipinski definition) is 6. The summed E-state index contributed by atoms with van der Waals surface area (Å²) in [6.45, 7) is 2.98. The quantitative estimate of drug-likeness (QED) is 0.209. The standard InChI is InChI=1S/C9H17N5O3/c1-7(15)4-11-2-3-12-8(16)5-13-9(17)6-14-10/h6-7,11,13,15H,2-5H2,1H3,(H-,12,16,17)/p+1. The lowest BCUT2D eigenvalue weighted by Gasteiger charge is -2.08. The number of nitrogens with one attached hydrogen (secondary N) is 3. The van der Waals surface area contributed by atoms with Gasteiger partial charge in [-0.15, -0.1) is 0 Å². The molecule has 0 heterocycles. The molecule has 17 heavy (non-hydrogen) atoms. The highest BCUT2D eigenvalue weighted by Crippen LogP contribution is 1.81. The lowest BCUT2D eigenvalue weighted by atomic mass is 10.4. The first-order valence-corrected chi connectivity index (χ1v) is 5.19. The van der Waals surface area contributed by atoms with E-state index in [2.05, 4.69) is 20.9 Å². The van der Waals surface area contributed by atoms with Crippen molar-refractivity contribution in [1.29, 1.82) is 5.39 Å². The highest BCUT2D eigenvalue weighted by atomic mass is 16.3. The third-order valence-electron chi connectivity index (χ3n) is 1.67. The number of aliphatic hydroxyl groups excluding tert-OH is 2. The Morgan fingerprint density at radius 2 is 2.18 bits per heavy atom. The van der Waals surface area contributed by atoms with Crippen LogP contribution in [0.5, 0.6) is 0 Å². The van der Waals surface area contributed by atoms with Crippen molar-refractivity contribution in [2.75, 3.05) is 26.2 Å². The predicted molar refractivity (Wildman–Crippen MR) is 61.4 cm³/mol. The summed E-state index contributed by atoms with van der Waals surface area (Å²) in [6.07, 6.45) is 0.356.